The van der Waals surface area contributed by atoms with Gasteiger partial charge in [0.05, 0.1) is 22.4 Å². The third-order valence-electron chi connectivity index (χ3n) is 13.0. The van der Waals surface area contributed by atoms with E-state index < -0.39 is 7.44 Å². The molecule has 5 nitrogen and oxygen atoms in total. The van der Waals surface area contributed by atoms with Gasteiger partial charge in [-0.25, -0.2) is 0 Å². The minimum atomic E-state index is -3.58. The van der Waals surface area contributed by atoms with Crippen LogP contribution in [0.5, 0.6) is 0 Å². The van der Waals surface area contributed by atoms with E-state index in [1.165, 1.54) is 22.3 Å². The van der Waals surface area contributed by atoms with Gasteiger partial charge < -0.3 is 9.32 Å². The van der Waals surface area contributed by atoms with Crippen LogP contribution in [-0.4, -0.2) is 0 Å². The van der Waals surface area contributed by atoms with Gasteiger partial charge in [0.25, 0.3) is 0 Å². The minimum Gasteiger partial charge on any atom is -0.456 e. The molecular formula is C58H46N3O2P. The van der Waals surface area contributed by atoms with E-state index in [-0.39, 0.29) is 5.41 Å². The fourth-order valence-corrected chi connectivity index (χ4v) is 12.9. The highest BCUT2D eigenvalue weighted by atomic mass is 31.2. The van der Waals surface area contributed by atoms with Crippen molar-refractivity contribution in [2.24, 2.45) is 0 Å². The first-order valence-electron chi connectivity index (χ1n) is 21.8. The predicted molar refractivity (Wildman–Crippen MR) is 269 cm³/mol. The van der Waals surface area contributed by atoms with E-state index in [9.17, 15) is 0 Å². The fraction of sp³-hybridized carbons (Fsp3) is 0.0690. The maximum Gasteiger partial charge on any atom is 0.301 e. The fourth-order valence-electron chi connectivity index (χ4n) is 9.91. The molecule has 1 aliphatic heterocycles. The van der Waals surface area contributed by atoms with Crippen molar-refractivity contribution in [1.82, 2.24) is 0 Å². The third kappa shape index (κ3) is 6.03. The average Bonchev–Trinajstić information content (AvgIpc) is 3.90. The van der Waals surface area contributed by atoms with Gasteiger partial charge in [-0.2, -0.15) is 0 Å². The van der Waals surface area contributed by atoms with Crippen molar-refractivity contribution in [3.8, 4) is 22.3 Å². The molecule has 9 aromatic rings. The molecule has 11 rings (SSSR count). The van der Waals surface area contributed by atoms with Crippen LogP contribution in [0.2, 0.25) is 0 Å². The Morgan fingerprint density at radius 2 is 1.20 bits per heavy atom. The van der Waals surface area contributed by atoms with Crippen molar-refractivity contribution in [3.63, 3.8) is 0 Å². The molecule has 6 heteroatoms. The van der Waals surface area contributed by atoms with Crippen molar-refractivity contribution < 1.29 is 8.98 Å². The quantitative estimate of drug-likeness (QED) is 0.107. The van der Waals surface area contributed by atoms with Crippen molar-refractivity contribution in [2.45, 2.75) is 26.2 Å². The van der Waals surface area contributed by atoms with Gasteiger partial charge in [-0.1, -0.05) is 154 Å². The van der Waals surface area contributed by atoms with Crippen LogP contribution in [0, 0.1) is 6.92 Å². The molecule has 0 bridgehead atoms. The molecule has 2 aliphatic rings. The monoisotopic (exact) mass is 847 g/mol. The number of hydrogen-bond donors (Lipinski definition) is 0. The smallest absolute Gasteiger partial charge is 0.301 e. The van der Waals surface area contributed by atoms with E-state index in [1.54, 1.807) is 6.08 Å². The molecule has 0 radical (unpaired) electrons. The van der Waals surface area contributed by atoms with E-state index in [1.807, 2.05) is 91.0 Å². The Hall–Kier alpha value is -7.59. The molecular weight excluding hydrogens is 802 g/mol. The molecule has 0 spiro atoms. The number of para-hydroxylation sites is 3. The third-order valence-corrected chi connectivity index (χ3v) is 15.9. The predicted octanol–water partition coefficient (Wildman–Crippen LogP) is 16.2. The van der Waals surface area contributed by atoms with Crippen molar-refractivity contribution in [3.05, 3.63) is 235 Å². The SMILES string of the molecule is C=C/C=C\c1oc2c(-c3ccc(N(c4ccc5c(c4)N(c4ccccc4)P(=O)(c4ccccc4)N5c4ccccc4)c4cccc5c4-c4ccccc4C5(C)C)cc3)cccc2c1C. The Morgan fingerprint density at radius 1 is 0.609 bits per heavy atom. The largest absolute Gasteiger partial charge is 0.456 e. The summed E-state index contributed by atoms with van der Waals surface area (Å²) < 4.78 is 27.1. The van der Waals surface area contributed by atoms with E-state index in [0.29, 0.717) is 0 Å². The first-order chi connectivity index (χ1) is 31.3. The first kappa shape index (κ1) is 39.3. The highest BCUT2D eigenvalue weighted by Gasteiger charge is 2.49. The molecule has 310 valence electrons. The number of hydrogen-bond acceptors (Lipinski definition) is 3. The summed E-state index contributed by atoms with van der Waals surface area (Å²) in [6, 6.07) is 67.4. The van der Waals surface area contributed by atoms with Crippen LogP contribution >= 0.6 is 7.44 Å². The Balaban J connectivity index is 1.14. The lowest BCUT2D eigenvalue weighted by Crippen LogP contribution is -2.26. The van der Waals surface area contributed by atoms with Crippen molar-refractivity contribution in [1.29, 1.82) is 0 Å². The van der Waals surface area contributed by atoms with E-state index in [2.05, 4.69) is 157 Å². The highest BCUT2D eigenvalue weighted by Crippen LogP contribution is 2.70. The van der Waals surface area contributed by atoms with Gasteiger partial charge in [0.15, 0.2) is 0 Å². The van der Waals surface area contributed by atoms with Crippen LogP contribution in [0.25, 0.3) is 39.3 Å². The second kappa shape index (κ2) is 15.3. The van der Waals surface area contributed by atoms with Gasteiger partial charge in [0.2, 0.25) is 0 Å². The summed E-state index contributed by atoms with van der Waals surface area (Å²) in [5.41, 5.74) is 15.3. The standard InChI is InChI=1S/C58H46N3O2P/c1-5-6-32-55-40(2)47-27-18-28-48(57(47)63-55)41-33-35-42(36-34-41)59(53-31-19-30-51-56(53)49-26-16-17-29-50(49)58(51,3)4)45-37-38-52-54(39-45)61(44-22-12-8-13-23-44)64(62,46-24-14-9-15-25-46)60(52)43-20-10-7-11-21-43/h5-39H,1H2,2-4H3/b32-6-. The number of furan rings is 1. The number of anilines is 7. The van der Waals surface area contributed by atoms with Crippen LogP contribution in [0.1, 0.15) is 36.3 Å². The normalized spacial score (nSPS) is 15.9. The zero-order valence-electron chi connectivity index (χ0n) is 36.0. The van der Waals surface area contributed by atoms with Crippen LogP contribution in [-0.2, 0) is 9.98 Å². The van der Waals surface area contributed by atoms with Gasteiger partial charge in [-0.05, 0) is 108 Å². The molecule has 0 N–H and O–H groups in total. The van der Waals surface area contributed by atoms with Crippen LogP contribution in [0.4, 0.5) is 39.8 Å². The molecule has 1 unspecified atom stereocenters. The Bertz CT molecular complexity index is 3320. The second-order valence-corrected chi connectivity index (χ2v) is 19.4. The van der Waals surface area contributed by atoms with E-state index in [0.717, 1.165) is 78.5 Å². The van der Waals surface area contributed by atoms with Crippen molar-refractivity contribution >= 4 is 69.6 Å². The van der Waals surface area contributed by atoms with Gasteiger partial charge in [-0.15, -0.1) is 0 Å². The molecule has 0 fully saturated rings. The molecule has 64 heavy (non-hydrogen) atoms. The van der Waals surface area contributed by atoms with Crippen molar-refractivity contribution in [2.75, 3.05) is 14.2 Å². The maximum atomic E-state index is 16.5. The lowest BCUT2D eigenvalue weighted by Gasteiger charge is -2.33. The Morgan fingerprint density at radius 3 is 1.91 bits per heavy atom. The van der Waals surface area contributed by atoms with Gasteiger partial charge >= 0.3 is 7.44 Å². The summed E-state index contributed by atoms with van der Waals surface area (Å²) >= 11 is 0. The molecule has 1 aliphatic carbocycles. The molecule has 1 atom stereocenters. The topological polar surface area (TPSA) is 39.9 Å². The molecule has 0 amide bonds. The van der Waals surface area contributed by atoms with Crippen LogP contribution in [0.3, 0.4) is 0 Å². The van der Waals surface area contributed by atoms with Gasteiger partial charge in [0, 0.05) is 50.2 Å². The number of fused-ring (bicyclic) bond motifs is 5. The van der Waals surface area contributed by atoms with Gasteiger partial charge in [0.1, 0.15) is 11.3 Å². The number of nitrogens with zero attached hydrogens (tertiary/aromatic N) is 3. The Labute approximate surface area is 375 Å². The van der Waals surface area contributed by atoms with E-state index >= 15 is 4.57 Å². The van der Waals surface area contributed by atoms with E-state index in [4.69, 9.17) is 4.42 Å². The zero-order chi connectivity index (χ0) is 43.6. The number of aryl methyl sites for hydroxylation is 1. The maximum absolute atomic E-state index is 16.5. The summed E-state index contributed by atoms with van der Waals surface area (Å²) in [5.74, 6) is 0.829. The summed E-state index contributed by atoms with van der Waals surface area (Å²) in [7, 11) is -3.58. The minimum absolute atomic E-state index is 0.197. The zero-order valence-corrected chi connectivity index (χ0v) is 36.9. The summed E-state index contributed by atoms with van der Waals surface area (Å²) in [6.07, 6.45) is 5.64. The van der Waals surface area contributed by atoms with Crippen LogP contribution in [0.15, 0.2) is 217 Å². The molecule has 8 aromatic carbocycles. The molecule has 0 saturated heterocycles. The lowest BCUT2D eigenvalue weighted by molar-refractivity contribution is 0.582. The molecule has 0 saturated carbocycles. The first-order valence-corrected chi connectivity index (χ1v) is 23.4. The van der Waals surface area contributed by atoms with Gasteiger partial charge in [-0.3, -0.25) is 13.9 Å². The molecule has 2 heterocycles. The lowest BCUT2D eigenvalue weighted by atomic mass is 9.82. The average molecular weight is 848 g/mol. The number of benzene rings is 8. The van der Waals surface area contributed by atoms with Crippen LogP contribution < -0.4 is 19.5 Å². The number of allylic oxidation sites excluding steroid dienone is 2. The Kier molecular flexibility index (Phi) is 9.41. The second-order valence-electron chi connectivity index (χ2n) is 17.0. The molecule has 1 aromatic heterocycles. The summed E-state index contributed by atoms with van der Waals surface area (Å²) in [6.45, 7) is 10.6. The summed E-state index contributed by atoms with van der Waals surface area (Å²) in [5, 5.41) is 1.84. The number of rotatable bonds is 9. The summed E-state index contributed by atoms with van der Waals surface area (Å²) in [4.78, 5) is 2.37. The highest BCUT2D eigenvalue weighted by molar-refractivity contribution is 7.76.